The molecule has 16 heavy (non-hydrogen) atoms. The monoisotopic (exact) mass is 215 g/mol. The third-order valence-corrected chi connectivity index (χ3v) is 3.52. The molecule has 1 aliphatic heterocycles. The van der Waals surface area contributed by atoms with Crippen LogP contribution in [0.1, 0.15) is 37.7 Å². The molecule has 0 radical (unpaired) electrons. The van der Waals surface area contributed by atoms with E-state index in [0.29, 0.717) is 5.92 Å². The third-order valence-electron chi connectivity index (χ3n) is 3.52. The smallest absolute Gasteiger partial charge is 0.0401 e. The Balaban J connectivity index is 2.26. The molecule has 1 heterocycles. The number of anilines is 1. The normalized spacial score (nSPS) is 16.7. The molecule has 1 aliphatic rings. The molecule has 1 atom stereocenters. The van der Waals surface area contributed by atoms with Gasteiger partial charge in [0, 0.05) is 18.8 Å². The molecule has 0 N–H and O–H groups in total. The van der Waals surface area contributed by atoms with Crippen molar-refractivity contribution in [1.82, 2.24) is 0 Å². The van der Waals surface area contributed by atoms with Gasteiger partial charge in [-0.3, -0.25) is 0 Å². The van der Waals surface area contributed by atoms with Crippen LogP contribution < -0.4 is 4.90 Å². The van der Waals surface area contributed by atoms with Crippen LogP contribution in [0.15, 0.2) is 36.9 Å². The van der Waals surface area contributed by atoms with Gasteiger partial charge >= 0.3 is 0 Å². The van der Waals surface area contributed by atoms with Crippen LogP contribution in [0.25, 0.3) is 0 Å². The minimum absolute atomic E-state index is 0.634. The van der Waals surface area contributed by atoms with Crippen LogP contribution in [0, 0.1) is 0 Å². The maximum atomic E-state index is 3.87. The van der Waals surface area contributed by atoms with Crippen molar-refractivity contribution in [1.29, 1.82) is 0 Å². The summed E-state index contributed by atoms with van der Waals surface area (Å²) in [6.45, 7) is 8.58. The van der Waals surface area contributed by atoms with E-state index in [1.807, 2.05) is 6.08 Å². The van der Waals surface area contributed by atoms with Crippen LogP contribution in [-0.2, 0) is 0 Å². The van der Waals surface area contributed by atoms with Gasteiger partial charge in [-0.1, -0.05) is 31.2 Å². The lowest BCUT2D eigenvalue weighted by molar-refractivity contribution is 0.602. The molecule has 0 saturated carbocycles. The van der Waals surface area contributed by atoms with Gasteiger partial charge in [-0.25, -0.2) is 0 Å². The Morgan fingerprint density at radius 1 is 1.38 bits per heavy atom. The summed E-state index contributed by atoms with van der Waals surface area (Å²) in [7, 11) is 0. The maximum absolute atomic E-state index is 3.87. The fourth-order valence-electron chi connectivity index (χ4n) is 2.39. The summed E-state index contributed by atoms with van der Waals surface area (Å²) < 4.78 is 0. The van der Waals surface area contributed by atoms with E-state index in [1.54, 1.807) is 0 Å². The molecule has 1 aromatic rings. The largest absolute Gasteiger partial charge is 0.371 e. The second-order valence-electron chi connectivity index (χ2n) is 4.53. The van der Waals surface area contributed by atoms with Crippen molar-refractivity contribution in [2.24, 2.45) is 0 Å². The highest BCUT2D eigenvalue weighted by Gasteiger charge is 2.20. The van der Waals surface area contributed by atoms with Gasteiger partial charge in [0.05, 0.1) is 0 Å². The lowest BCUT2D eigenvalue weighted by Crippen LogP contribution is -2.37. The summed E-state index contributed by atoms with van der Waals surface area (Å²) in [6, 6.07) is 8.85. The second kappa shape index (κ2) is 5.20. The quantitative estimate of drug-likeness (QED) is 0.672. The van der Waals surface area contributed by atoms with Crippen LogP contribution in [0.4, 0.5) is 5.69 Å². The number of para-hydroxylation sites is 1. The fourth-order valence-corrected chi connectivity index (χ4v) is 2.39. The van der Waals surface area contributed by atoms with E-state index in [4.69, 9.17) is 0 Å². The Kier molecular flexibility index (Phi) is 3.66. The van der Waals surface area contributed by atoms with Crippen LogP contribution in [0.3, 0.4) is 0 Å². The molecular weight excluding hydrogens is 194 g/mol. The lowest BCUT2D eigenvalue weighted by Gasteiger charge is -2.36. The predicted molar refractivity (Wildman–Crippen MR) is 71.1 cm³/mol. The van der Waals surface area contributed by atoms with E-state index < -0.39 is 0 Å². The zero-order valence-corrected chi connectivity index (χ0v) is 10.2. The summed E-state index contributed by atoms with van der Waals surface area (Å²) in [5, 5.41) is 0. The van der Waals surface area contributed by atoms with E-state index in [0.717, 1.165) is 6.42 Å². The van der Waals surface area contributed by atoms with Gasteiger partial charge in [0.1, 0.15) is 0 Å². The van der Waals surface area contributed by atoms with E-state index in [9.17, 15) is 0 Å². The minimum atomic E-state index is 0.634. The minimum Gasteiger partial charge on any atom is -0.371 e. The number of nitrogens with zero attached hydrogens (tertiary/aromatic N) is 1. The average molecular weight is 215 g/mol. The highest BCUT2D eigenvalue weighted by Crippen LogP contribution is 2.34. The lowest BCUT2D eigenvalue weighted by atomic mass is 9.91. The van der Waals surface area contributed by atoms with Crippen LogP contribution in [0.2, 0.25) is 0 Å². The first-order valence-electron chi connectivity index (χ1n) is 6.31. The summed E-state index contributed by atoms with van der Waals surface area (Å²) in [5.41, 5.74) is 2.95. The van der Waals surface area contributed by atoms with Crippen molar-refractivity contribution in [2.75, 3.05) is 18.0 Å². The van der Waals surface area contributed by atoms with Gasteiger partial charge in [-0.15, -0.1) is 6.58 Å². The molecule has 1 fully saturated rings. The standard InChI is InChI=1S/C15H21N/c1-3-8-13(4-2)14-9-5-6-10-15(14)16-11-7-12-16/h3,5-6,9-10,13H,1,4,7-8,11-12H2,2H3. The molecular formula is C15H21N. The number of benzene rings is 1. The summed E-state index contributed by atoms with van der Waals surface area (Å²) >= 11 is 0. The summed E-state index contributed by atoms with van der Waals surface area (Å²) in [6.07, 6.45) is 5.66. The molecule has 86 valence electrons. The van der Waals surface area contributed by atoms with Crippen LogP contribution in [-0.4, -0.2) is 13.1 Å². The van der Waals surface area contributed by atoms with E-state index in [1.165, 1.54) is 37.2 Å². The molecule has 0 spiro atoms. The summed E-state index contributed by atoms with van der Waals surface area (Å²) in [5.74, 6) is 0.634. The number of hydrogen-bond acceptors (Lipinski definition) is 1. The molecule has 0 aromatic heterocycles. The molecule has 1 nitrogen and oxygen atoms in total. The zero-order chi connectivity index (χ0) is 11.4. The Morgan fingerprint density at radius 2 is 2.12 bits per heavy atom. The van der Waals surface area contributed by atoms with Gasteiger partial charge in [-0.05, 0) is 36.8 Å². The van der Waals surface area contributed by atoms with Crippen molar-refractivity contribution in [2.45, 2.75) is 32.1 Å². The highest BCUT2D eigenvalue weighted by atomic mass is 15.2. The van der Waals surface area contributed by atoms with Gasteiger partial charge < -0.3 is 4.90 Å². The Morgan fingerprint density at radius 3 is 2.69 bits per heavy atom. The van der Waals surface area contributed by atoms with Crippen LogP contribution in [0.5, 0.6) is 0 Å². The maximum Gasteiger partial charge on any atom is 0.0401 e. The van der Waals surface area contributed by atoms with Gasteiger partial charge in [-0.2, -0.15) is 0 Å². The first-order chi connectivity index (χ1) is 7.86. The van der Waals surface area contributed by atoms with Crippen molar-refractivity contribution in [3.05, 3.63) is 42.5 Å². The Hall–Kier alpha value is -1.24. The molecule has 0 amide bonds. The topological polar surface area (TPSA) is 3.24 Å². The highest BCUT2D eigenvalue weighted by molar-refractivity contribution is 5.56. The number of hydrogen-bond donors (Lipinski definition) is 0. The van der Waals surface area contributed by atoms with Gasteiger partial charge in [0.15, 0.2) is 0 Å². The zero-order valence-electron chi connectivity index (χ0n) is 10.2. The average Bonchev–Trinajstić information content (AvgIpc) is 2.25. The first-order valence-corrected chi connectivity index (χ1v) is 6.31. The first kappa shape index (κ1) is 11.3. The van der Waals surface area contributed by atoms with Crippen molar-refractivity contribution in [3.63, 3.8) is 0 Å². The van der Waals surface area contributed by atoms with Crippen LogP contribution >= 0.6 is 0 Å². The van der Waals surface area contributed by atoms with E-state index in [-0.39, 0.29) is 0 Å². The second-order valence-corrected chi connectivity index (χ2v) is 4.53. The molecule has 0 aliphatic carbocycles. The van der Waals surface area contributed by atoms with E-state index >= 15 is 0 Å². The molecule has 1 heteroatoms. The number of rotatable bonds is 5. The van der Waals surface area contributed by atoms with Crippen molar-refractivity contribution < 1.29 is 0 Å². The Bertz CT molecular complexity index is 352. The Labute approximate surface area is 98.8 Å². The molecule has 1 aromatic carbocycles. The summed E-state index contributed by atoms with van der Waals surface area (Å²) in [4.78, 5) is 2.49. The van der Waals surface area contributed by atoms with E-state index in [2.05, 4.69) is 42.7 Å². The van der Waals surface area contributed by atoms with Gasteiger partial charge in [0.25, 0.3) is 0 Å². The molecule has 0 bridgehead atoms. The number of allylic oxidation sites excluding steroid dienone is 1. The molecule has 2 rings (SSSR count). The molecule has 1 unspecified atom stereocenters. The van der Waals surface area contributed by atoms with Crippen molar-refractivity contribution >= 4 is 5.69 Å². The van der Waals surface area contributed by atoms with Crippen molar-refractivity contribution in [3.8, 4) is 0 Å². The predicted octanol–water partition coefficient (Wildman–Crippen LogP) is 3.97. The SMILES string of the molecule is C=CCC(CC)c1ccccc1N1CCC1. The fraction of sp³-hybridized carbons (Fsp3) is 0.467. The molecule has 1 saturated heterocycles. The van der Waals surface area contributed by atoms with Gasteiger partial charge in [0.2, 0.25) is 0 Å². The third kappa shape index (κ3) is 2.13.